The van der Waals surface area contributed by atoms with E-state index < -0.39 is 0 Å². The van der Waals surface area contributed by atoms with E-state index in [1.54, 1.807) is 0 Å². The van der Waals surface area contributed by atoms with Gasteiger partial charge in [-0.25, -0.2) is 0 Å². The normalized spacial score (nSPS) is 27.0. The fourth-order valence-corrected chi connectivity index (χ4v) is 1.67. The third kappa shape index (κ3) is 2.72. The van der Waals surface area contributed by atoms with E-state index in [2.05, 4.69) is 20.3 Å². The second-order valence-electron chi connectivity index (χ2n) is 4.15. The molecule has 0 saturated heterocycles. The van der Waals surface area contributed by atoms with Gasteiger partial charge in [-0.3, -0.25) is 0 Å². The Labute approximate surface area is 65.0 Å². The molecule has 1 fully saturated rings. The van der Waals surface area contributed by atoms with Crippen molar-refractivity contribution in [2.45, 2.75) is 52.4 Å². The number of rotatable bonds is 0. The monoisotopic (exact) mass is 139 g/mol. The summed E-state index contributed by atoms with van der Waals surface area (Å²) in [5.41, 5.74) is 0.528. The molecule has 0 amide bonds. The van der Waals surface area contributed by atoms with Crippen molar-refractivity contribution in [1.29, 1.82) is 0 Å². The lowest BCUT2D eigenvalue weighted by Gasteiger charge is -2.26. The van der Waals surface area contributed by atoms with Gasteiger partial charge >= 0.3 is 0 Å². The van der Waals surface area contributed by atoms with Crippen molar-refractivity contribution in [2.24, 2.45) is 5.41 Å². The van der Waals surface area contributed by atoms with E-state index in [0.29, 0.717) is 5.41 Å². The van der Waals surface area contributed by atoms with E-state index in [9.17, 15) is 0 Å². The Balaban J connectivity index is 2.30. The first-order valence-electron chi connectivity index (χ1n) is 4.55. The molecule has 1 radical (unpaired) electrons. The fourth-order valence-electron chi connectivity index (χ4n) is 1.67. The van der Waals surface area contributed by atoms with Crippen molar-refractivity contribution in [1.82, 2.24) is 0 Å². The van der Waals surface area contributed by atoms with Gasteiger partial charge in [-0.2, -0.15) is 0 Å². The standard InChI is InChI=1S/C10H19/c1-10(2)8-6-4-3-5-7-9-10/h8H,3-7,9H2,1-2H3. The molecule has 10 heavy (non-hydrogen) atoms. The Morgan fingerprint density at radius 1 is 1.00 bits per heavy atom. The second-order valence-corrected chi connectivity index (χ2v) is 4.15. The third-order valence-electron chi connectivity index (χ3n) is 2.47. The van der Waals surface area contributed by atoms with Crippen molar-refractivity contribution in [3.05, 3.63) is 6.42 Å². The third-order valence-corrected chi connectivity index (χ3v) is 2.47. The Morgan fingerprint density at radius 3 is 2.50 bits per heavy atom. The molecule has 0 aromatic carbocycles. The minimum Gasteiger partial charge on any atom is -0.0596 e. The highest BCUT2D eigenvalue weighted by Crippen LogP contribution is 2.31. The Kier molecular flexibility index (Phi) is 2.76. The van der Waals surface area contributed by atoms with Crippen molar-refractivity contribution in [3.8, 4) is 0 Å². The zero-order chi connectivity index (χ0) is 7.45. The van der Waals surface area contributed by atoms with Crippen LogP contribution in [-0.2, 0) is 0 Å². The van der Waals surface area contributed by atoms with Crippen LogP contribution >= 0.6 is 0 Å². The Hall–Kier alpha value is 0. The van der Waals surface area contributed by atoms with Crippen molar-refractivity contribution >= 4 is 0 Å². The van der Waals surface area contributed by atoms with E-state index >= 15 is 0 Å². The molecule has 0 aromatic heterocycles. The molecule has 0 bridgehead atoms. The minimum absolute atomic E-state index is 0.528. The highest BCUT2D eigenvalue weighted by molar-refractivity contribution is 4.85. The van der Waals surface area contributed by atoms with Crippen LogP contribution in [0.15, 0.2) is 0 Å². The fraction of sp³-hybridized carbons (Fsp3) is 0.900. The summed E-state index contributed by atoms with van der Waals surface area (Å²) < 4.78 is 0. The Bertz CT molecular complexity index is 82.2. The van der Waals surface area contributed by atoms with E-state index in [-0.39, 0.29) is 0 Å². The first-order valence-corrected chi connectivity index (χ1v) is 4.55. The maximum absolute atomic E-state index is 2.51. The van der Waals surface area contributed by atoms with Gasteiger partial charge in [0.1, 0.15) is 0 Å². The van der Waals surface area contributed by atoms with Crippen LogP contribution in [0, 0.1) is 11.8 Å². The van der Waals surface area contributed by atoms with E-state index in [1.165, 1.54) is 38.5 Å². The molecule has 0 heterocycles. The summed E-state index contributed by atoms with van der Waals surface area (Å²) in [5.74, 6) is 0. The van der Waals surface area contributed by atoms with Crippen molar-refractivity contribution in [3.63, 3.8) is 0 Å². The summed E-state index contributed by atoms with van der Waals surface area (Å²) in [6.07, 6.45) is 11.0. The van der Waals surface area contributed by atoms with E-state index in [4.69, 9.17) is 0 Å². The van der Waals surface area contributed by atoms with Gasteiger partial charge in [0.2, 0.25) is 0 Å². The van der Waals surface area contributed by atoms with Crippen LogP contribution in [0.3, 0.4) is 0 Å². The summed E-state index contributed by atoms with van der Waals surface area (Å²) in [5, 5.41) is 0. The molecule has 1 aliphatic carbocycles. The molecule has 0 nitrogen and oxygen atoms in total. The maximum atomic E-state index is 2.51. The summed E-state index contributed by atoms with van der Waals surface area (Å²) in [6.45, 7) is 4.72. The molecule has 0 heteroatoms. The summed E-state index contributed by atoms with van der Waals surface area (Å²) in [7, 11) is 0. The lowest BCUT2D eigenvalue weighted by molar-refractivity contribution is 0.344. The molecule has 1 rings (SSSR count). The van der Waals surface area contributed by atoms with Crippen LogP contribution in [-0.4, -0.2) is 0 Å². The zero-order valence-electron chi connectivity index (χ0n) is 7.32. The summed E-state index contributed by atoms with van der Waals surface area (Å²) in [4.78, 5) is 0. The van der Waals surface area contributed by atoms with Crippen LogP contribution in [0.2, 0.25) is 0 Å². The summed E-state index contributed by atoms with van der Waals surface area (Å²) in [6, 6.07) is 0. The molecule has 0 N–H and O–H groups in total. The topological polar surface area (TPSA) is 0 Å². The predicted molar refractivity (Wildman–Crippen MR) is 45.8 cm³/mol. The lowest BCUT2D eigenvalue weighted by Crippen LogP contribution is -2.13. The molecule has 0 atom stereocenters. The van der Waals surface area contributed by atoms with E-state index in [1.807, 2.05) is 0 Å². The minimum atomic E-state index is 0.528. The highest BCUT2D eigenvalue weighted by atomic mass is 14.2. The van der Waals surface area contributed by atoms with Crippen LogP contribution in [0.1, 0.15) is 52.4 Å². The van der Waals surface area contributed by atoms with Gasteiger partial charge in [-0.1, -0.05) is 39.5 Å². The zero-order valence-corrected chi connectivity index (χ0v) is 7.32. The molecular weight excluding hydrogens is 120 g/mol. The summed E-state index contributed by atoms with van der Waals surface area (Å²) >= 11 is 0. The van der Waals surface area contributed by atoms with Gasteiger partial charge in [-0.05, 0) is 24.7 Å². The molecular formula is C10H19. The van der Waals surface area contributed by atoms with E-state index in [0.717, 1.165) is 0 Å². The SMILES string of the molecule is CC1(C)[CH]CCCCCC1. The first kappa shape index (κ1) is 8.10. The molecule has 0 aromatic rings. The second kappa shape index (κ2) is 3.41. The molecule has 1 aliphatic rings. The molecule has 1 saturated carbocycles. The average molecular weight is 139 g/mol. The van der Waals surface area contributed by atoms with Gasteiger partial charge in [0.15, 0.2) is 0 Å². The van der Waals surface area contributed by atoms with Crippen molar-refractivity contribution < 1.29 is 0 Å². The number of hydrogen-bond donors (Lipinski definition) is 0. The molecule has 0 unspecified atom stereocenters. The van der Waals surface area contributed by atoms with Crippen molar-refractivity contribution in [2.75, 3.05) is 0 Å². The van der Waals surface area contributed by atoms with Crippen LogP contribution in [0.25, 0.3) is 0 Å². The first-order chi connectivity index (χ1) is 4.71. The molecule has 0 spiro atoms. The smallest absolute Gasteiger partial charge is 0.0323 e. The maximum Gasteiger partial charge on any atom is -0.0323 e. The highest BCUT2D eigenvalue weighted by Gasteiger charge is 2.18. The van der Waals surface area contributed by atoms with Gasteiger partial charge in [0, 0.05) is 0 Å². The van der Waals surface area contributed by atoms with Crippen LogP contribution in [0.4, 0.5) is 0 Å². The van der Waals surface area contributed by atoms with Gasteiger partial charge in [0.25, 0.3) is 0 Å². The molecule has 59 valence electrons. The van der Waals surface area contributed by atoms with Gasteiger partial charge < -0.3 is 0 Å². The van der Waals surface area contributed by atoms with Gasteiger partial charge in [-0.15, -0.1) is 0 Å². The number of hydrogen-bond acceptors (Lipinski definition) is 0. The Morgan fingerprint density at radius 2 is 1.70 bits per heavy atom. The van der Waals surface area contributed by atoms with Crippen LogP contribution < -0.4 is 0 Å². The van der Waals surface area contributed by atoms with Crippen LogP contribution in [0.5, 0.6) is 0 Å². The predicted octanol–water partition coefficient (Wildman–Crippen LogP) is 3.57. The molecule has 0 aliphatic heterocycles. The quantitative estimate of drug-likeness (QED) is 0.481. The lowest BCUT2D eigenvalue weighted by atomic mass is 9.80. The average Bonchev–Trinajstić information content (AvgIpc) is 1.81. The largest absolute Gasteiger partial charge is 0.0596 e. The van der Waals surface area contributed by atoms with Gasteiger partial charge in [0.05, 0.1) is 0 Å².